The van der Waals surface area contributed by atoms with Crippen molar-refractivity contribution in [2.45, 2.75) is 46.2 Å². The first-order chi connectivity index (χ1) is 10.2. The number of aryl methyl sites for hydroxylation is 2. The zero-order chi connectivity index (χ0) is 15.2. The van der Waals surface area contributed by atoms with Gasteiger partial charge in [0.1, 0.15) is 0 Å². The predicted molar refractivity (Wildman–Crippen MR) is 86.6 cm³/mol. The zero-order valence-corrected chi connectivity index (χ0v) is 13.7. The summed E-state index contributed by atoms with van der Waals surface area (Å²) in [5.74, 6) is 0. The van der Waals surface area contributed by atoms with Crippen molar-refractivity contribution in [3.8, 4) is 0 Å². The fourth-order valence-corrected chi connectivity index (χ4v) is 2.52. The summed E-state index contributed by atoms with van der Waals surface area (Å²) in [5.41, 5.74) is 3.39. The second-order valence-electron chi connectivity index (χ2n) is 5.28. The fraction of sp³-hybridized carbons (Fsp3) is 0.500. The number of benzene rings is 1. The molecule has 2 aromatic rings. The van der Waals surface area contributed by atoms with E-state index in [1.807, 2.05) is 23.9 Å². The molecule has 0 fully saturated rings. The maximum atomic E-state index is 6.15. The molecule has 5 heteroatoms. The van der Waals surface area contributed by atoms with E-state index in [0.29, 0.717) is 0 Å². The predicted octanol–water partition coefficient (Wildman–Crippen LogP) is 3.74. The van der Waals surface area contributed by atoms with Crippen molar-refractivity contribution in [2.75, 3.05) is 6.54 Å². The van der Waals surface area contributed by atoms with Crippen LogP contribution in [0.3, 0.4) is 0 Å². The van der Waals surface area contributed by atoms with Gasteiger partial charge in [0.15, 0.2) is 0 Å². The average Bonchev–Trinajstić information content (AvgIpc) is 2.92. The monoisotopic (exact) mass is 306 g/mol. The van der Waals surface area contributed by atoms with Crippen molar-refractivity contribution < 1.29 is 0 Å². The Bertz CT molecular complexity index is 579. The molecule has 1 N–H and O–H groups in total. The molecule has 1 atom stereocenters. The van der Waals surface area contributed by atoms with Crippen molar-refractivity contribution in [1.29, 1.82) is 0 Å². The Morgan fingerprint density at radius 3 is 2.76 bits per heavy atom. The van der Waals surface area contributed by atoms with Gasteiger partial charge in [0.2, 0.25) is 0 Å². The van der Waals surface area contributed by atoms with Crippen LogP contribution in [-0.2, 0) is 6.54 Å². The Labute approximate surface area is 131 Å². The highest BCUT2D eigenvalue weighted by Crippen LogP contribution is 2.25. The first kappa shape index (κ1) is 16.0. The van der Waals surface area contributed by atoms with E-state index in [2.05, 4.69) is 41.6 Å². The van der Waals surface area contributed by atoms with Gasteiger partial charge in [0, 0.05) is 11.6 Å². The van der Waals surface area contributed by atoms with Gasteiger partial charge >= 0.3 is 0 Å². The van der Waals surface area contributed by atoms with Crippen molar-refractivity contribution in [3.63, 3.8) is 0 Å². The molecule has 0 radical (unpaired) electrons. The van der Waals surface area contributed by atoms with Crippen LogP contribution in [0.1, 0.15) is 49.6 Å². The van der Waals surface area contributed by atoms with Crippen LogP contribution in [0, 0.1) is 6.92 Å². The minimum atomic E-state index is 0.0995. The molecule has 0 aliphatic rings. The molecular weight excluding hydrogens is 284 g/mol. The molecular formula is C16H23ClN4. The Morgan fingerprint density at radius 2 is 2.10 bits per heavy atom. The standard InChI is InChI=1S/C16H23ClN4/c1-4-8-18-16(13-6-7-14(17)12(3)10-13)15-11-19-20-21(15)9-5-2/h6-7,10-11,16,18H,4-5,8-9H2,1-3H3. The normalized spacial score (nSPS) is 12.6. The van der Waals surface area contributed by atoms with Gasteiger partial charge in [-0.15, -0.1) is 5.10 Å². The van der Waals surface area contributed by atoms with E-state index < -0.39 is 0 Å². The van der Waals surface area contributed by atoms with Gasteiger partial charge in [0.25, 0.3) is 0 Å². The topological polar surface area (TPSA) is 42.7 Å². The van der Waals surface area contributed by atoms with E-state index in [-0.39, 0.29) is 6.04 Å². The van der Waals surface area contributed by atoms with E-state index in [4.69, 9.17) is 11.6 Å². The van der Waals surface area contributed by atoms with E-state index in [1.165, 1.54) is 5.56 Å². The van der Waals surface area contributed by atoms with Crippen LogP contribution < -0.4 is 5.32 Å². The minimum Gasteiger partial charge on any atom is -0.305 e. The third kappa shape index (κ3) is 3.83. The van der Waals surface area contributed by atoms with E-state index in [0.717, 1.165) is 42.2 Å². The maximum absolute atomic E-state index is 6.15. The summed E-state index contributed by atoms with van der Waals surface area (Å²) in [6, 6.07) is 6.27. The smallest absolute Gasteiger partial charge is 0.0801 e. The molecule has 2 rings (SSSR count). The molecule has 114 valence electrons. The number of nitrogens with zero attached hydrogens (tertiary/aromatic N) is 3. The summed E-state index contributed by atoms with van der Waals surface area (Å²) < 4.78 is 1.98. The molecule has 1 heterocycles. The largest absolute Gasteiger partial charge is 0.305 e. The van der Waals surface area contributed by atoms with Gasteiger partial charge in [-0.25, -0.2) is 4.68 Å². The van der Waals surface area contributed by atoms with Crippen molar-refractivity contribution in [2.24, 2.45) is 0 Å². The molecule has 1 unspecified atom stereocenters. The van der Waals surface area contributed by atoms with E-state index in [1.54, 1.807) is 0 Å². The zero-order valence-electron chi connectivity index (χ0n) is 12.9. The van der Waals surface area contributed by atoms with Crippen LogP contribution in [0.15, 0.2) is 24.4 Å². The molecule has 0 bridgehead atoms. The summed E-state index contributed by atoms with van der Waals surface area (Å²) in [4.78, 5) is 0. The van der Waals surface area contributed by atoms with Gasteiger partial charge in [-0.05, 0) is 43.5 Å². The van der Waals surface area contributed by atoms with Crippen molar-refractivity contribution >= 4 is 11.6 Å². The highest BCUT2D eigenvalue weighted by molar-refractivity contribution is 6.31. The van der Waals surface area contributed by atoms with Crippen LogP contribution in [0.5, 0.6) is 0 Å². The Morgan fingerprint density at radius 1 is 1.29 bits per heavy atom. The van der Waals surface area contributed by atoms with Crippen LogP contribution >= 0.6 is 11.6 Å². The summed E-state index contributed by atoms with van der Waals surface area (Å²) in [6.07, 6.45) is 3.97. The third-order valence-electron chi connectivity index (χ3n) is 3.49. The van der Waals surface area contributed by atoms with E-state index in [9.17, 15) is 0 Å². The molecule has 0 aliphatic heterocycles. The van der Waals surface area contributed by atoms with Gasteiger partial charge in [0.05, 0.1) is 17.9 Å². The molecule has 0 saturated heterocycles. The fourth-order valence-electron chi connectivity index (χ4n) is 2.40. The van der Waals surface area contributed by atoms with Crippen LogP contribution in [-0.4, -0.2) is 21.5 Å². The second kappa shape index (κ2) is 7.57. The Hall–Kier alpha value is -1.39. The molecule has 0 spiro atoms. The SMILES string of the molecule is CCCNC(c1ccc(Cl)c(C)c1)c1cnnn1CCC. The number of nitrogens with one attached hydrogen (secondary N) is 1. The number of aromatic nitrogens is 3. The van der Waals surface area contributed by atoms with Crippen molar-refractivity contribution in [1.82, 2.24) is 20.3 Å². The number of halogens is 1. The van der Waals surface area contributed by atoms with Gasteiger partial charge in [-0.2, -0.15) is 0 Å². The van der Waals surface area contributed by atoms with Crippen LogP contribution in [0.2, 0.25) is 5.02 Å². The summed E-state index contributed by atoms with van der Waals surface area (Å²) in [7, 11) is 0. The maximum Gasteiger partial charge on any atom is 0.0801 e. The van der Waals surface area contributed by atoms with Crippen molar-refractivity contribution in [3.05, 3.63) is 46.2 Å². The van der Waals surface area contributed by atoms with Crippen LogP contribution in [0.25, 0.3) is 0 Å². The van der Waals surface area contributed by atoms with Gasteiger partial charge in [-0.1, -0.05) is 42.8 Å². The second-order valence-corrected chi connectivity index (χ2v) is 5.68. The lowest BCUT2D eigenvalue weighted by molar-refractivity contribution is 0.504. The van der Waals surface area contributed by atoms with Gasteiger partial charge < -0.3 is 5.32 Å². The molecule has 1 aromatic carbocycles. The summed E-state index contributed by atoms with van der Waals surface area (Å²) in [6.45, 7) is 8.17. The third-order valence-corrected chi connectivity index (χ3v) is 3.92. The average molecular weight is 307 g/mol. The molecule has 21 heavy (non-hydrogen) atoms. The Balaban J connectivity index is 2.37. The molecule has 4 nitrogen and oxygen atoms in total. The quantitative estimate of drug-likeness (QED) is 0.847. The molecule has 1 aromatic heterocycles. The number of hydrogen-bond acceptors (Lipinski definition) is 3. The Kier molecular flexibility index (Phi) is 5.76. The lowest BCUT2D eigenvalue weighted by Crippen LogP contribution is -2.26. The van der Waals surface area contributed by atoms with E-state index >= 15 is 0 Å². The molecule has 0 aliphatic carbocycles. The highest BCUT2D eigenvalue weighted by Gasteiger charge is 2.19. The van der Waals surface area contributed by atoms with Gasteiger partial charge in [-0.3, -0.25) is 0 Å². The lowest BCUT2D eigenvalue weighted by Gasteiger charge is -2.20. The molecule has 0 amide bonds. The summed E-state index contributed by atoms with van der Waals surface area (Å²) >= 11 is 6.15. The number of rotatable bonds is 7. The highest BCUT2D eigenvalue weighted by atomic mass is 35.5. The molecule has 0 saturated carbocycles. The summed E-state index contributed by atoms with van der Waals surface area (Å²) in [5, 5.41) is 12.7. The first-order valence-corrected chi connectivity index (χ1v) is 7.93. The lowest BCUT2D eigenvalue weighted by atomic mass is 10.0. The van der Waals surface area contributed by atoms with Crippen LogP contribution in [0.4, 0.5) is 0 Å². The minimum absolute atomic E-state index is 0.0995. The number of hydrogen-bond donors (Lipinski definition) is 1. The first-order valence-electron chi connectivity index (χ1n) is 7.55.